The molecular formula is C8H10N2O3S. The number of amides is 1. The molecule has 0 aliphatic heterocycles. The summed E-state index contributed by atoms with van der Waals surface area (Å²) in [6.07, 6.45) is 1.44. The highest BCUT2D eigenvalue weighted by Crippen LogP contribution is 2.20. The molecule has 1 aromatic heterocycles. The van der Waals surface area contributed by atoms with Crippen LogP contribution in [0.3, 0.4) is 0 Å². The molecular weight excluding hydrogens is 204 g/mol. The summed E-state index contributed by atoms with van der Waals surface area (Å²) in [6, 6.07) is -0.475. The van der Waals surface area contributed by atoms with Crippen molar-refractivity contribution in [1.82, 2.24) is 10.3 Å². The lowest BCUT2D eigenvalue weighted by atomic mass is 10.2. The molecule has 1 rings (SSSR count). The van der Waals surface area contributed by atoms with Crippen LogP contribution in [0.15, 0.2) is 11.7 Å². The molecule has 0 saturated carbocycles. The van der Waals surface area contributed by atoms with Crippen LogP contribution in [0.1, 0.15) is 24.3 Å². The number of aromatic nitrogens is 1. The van der Waals surface area contributed by atoms with Gasteiger partial charge in [0.25, 0.3) is 0 Å². The van der Waals surface area contributed by atoms with Crippen molar-refractivity contribution < 1.29 is 14.7 Å². The number of thiazole rings is 1. The highest BCUT2D eigenvalue weighted by molar-refractivity contribution is 7.09. The number of nitrogens with zero attached hydrogens (tertiary/aromatic N) is 1. The molecule has 0 radical (unpaired) electrons. The van der Waals surface area contributed by atoms with Gasteiger partial charge in [0, 0.05) is 18.0 Å². The van der Waals surface area contributed by atoms with Crippen molar-refractivity contribution in [3.63, 3.8) is 0 Å². The van der Waals surface area contributed by atoms with Crippen LogP contribution >= 0.6 is 11.3 Å². The second kappa shape index (κ2) is 4.71. The zero-order valence-corrected chi connectivity index (χ0v) is 8.37. The van der Waals surface area contributed by atoms with Crippen LogP contribution in [-0.4, -0.2) is 22.0 Å². The van der Waals surface area contributed by atoms with Gasteiger partial charge in [0.2, 0.25) is 5.91 Å². The molecule has 0 unspecified atom stereocenters. The fourth-order valence-electron chi connectivity index (χ4n) is 1.04. The van der Waals surface area contributed by atoms with E-state index in [1.807, 2.05) is 0 Å². The van der Waals surface area contributed by atoms with Gasteiger partial charge in [-0.05, 0) is 0 Å². The van der Waals surface area contributed by atoms with E-state index in [1.165, 1.54) is 18.3 Å². The van der Waals surface area contributed by atoms with Crippen LogP contribution in [0.2, 0.25) is 0 Å². The number of aliphatic carboxylic acids is 1. The van der Waals surface area contributed by atoms with Crippen molar-refractivity contribution in [2.45, 2.75) is 19.4 Å². The van der Waals surface area contributed by atoms with Crippen LogP contribution in [-0.2, 0) is 9.59 Å². The average molecular weight is 214 g/mol. The van der Waals surface area contributed by atoms with E-state index in [4.69, 9.17) is 5.11 Å². The molecule has 0 saturated heterocycles. The summed E-state index contributed by atoms with van der Waals surface area (Å²) in [7, 11) is 0. The van der Waals surface area contributed by atoms with E-state index in [1.54, 1.807) is 11.7 Å². The minimum atomic E-state index is -0.947. The third kappa shape index (κ3) is 3.14. The quantitative estimate of drug-likeness (QED) is 0.776. The fraction of sp³-hybridized carbons (Fsp3) is 0.375. The van der Waals surface area contributed by atoms with Crippen molar-refractivity contribution in [2.24, 2.45) is 0 Å². The molecule has 0 spiro atoms. The van der Waals surface area contributed by atoms with Crippen molar-refractivity contribution in [3.05, 3.63) is 16.6 Å². The van der Waals surface area contributed by atoms with Gasteiger partial charge in [0.15, 0.2) is 0 Å². The topological polar surface area (TPSA) is 79.3 Å². The predicted molar refractivity (Wildman–Crippen MR) is 50.9 cm³/mol. The number of hydrogen-bond donors (Lipinski definition) is 2. The van der Waals surface area contributed by atoms with Crippen molar-refractivity contribution in [3.8, 4) is 0 Å². The van der Waals surface area contributed by atoms with Crippen LogP contribution in [0.5, 0.6) is 0 Å². The van der Waals surface area contributed by atoms with Crippen LogP contribution < -0.4 is 5.32 Å². The molecule has 0 aromatic carbocycles. The number of carboxylic acid groups (broad SMARTS) is 1. The first-order valence-corrected chi connectivity index (χ1v) is 4.85. The Kier molecular flexibility index (Phi) is 3.58. The Hall–Kier alpha value is -1.43. The Labute approximate surface area is 84.8 Å². The maximum Gasteiger partial charge on any atom is 0.305 e. The van der Waals surface area contributed by atoms with Gasteiger partial charge in [-0.15, -0.1) is 11.3 Å². The van der Waals surface area contributed by atoms with E-state index in [0.29, 0.717) is 0 Å². The number of nitrogens with one attached hydrogen (secondary N) is 1. The van der Waals surface area contributed by atoms with Crippen molar-refractivity contribution in [2.75, 3.05) is 0 Å². The minimum absolute atomic E-state index is 0.123. The van der Waals surface area contributed by atoms with Gasteiger partial charge in [-0.1, -0.05) is 0 Å². The molecule has 1 atom stereocenters. The van der Waals surface area contributed by atoms with Gasteiger partial charge in [-0.3, -0.25) is 14.6 Å². The molecule has 14 heavy (non-hydrogen) atoms. The SMILES string of the molecule is CC(=O)N[C@H](CC(=O)O)c1cncs1. The third-order valence-electron chi connectivity index (χ3n) is 1.55. The highest BCUT2D eigenvalue weighted by atomic mass is 32.1. The van der Waals surface area contributed by atoms with Gasteiger partial charge >= 0.3 is 5.97 Å². The summed E-state index contributed by atoms with van der Waals surface area (Å²) in [5.41, 5.74) is 1.60. The second-order valence-corrected chi connectivity index (χ2v) is 3.67. The van der Waals surface area contributed by atoms with Gasteiger partial charge in [-0.25, -0.2) is 0 Å². The maximum absolute atomic E-state index is 10.8. The average Bonchev–Trinajstić information content (AvgIpc) is 2.52. The van der Waals surface area contributed by atoms with E-state index in [2.05, 4.69) is 10.3 Å². The third-order valence-corrected chi connectivity index (χ3v) is 2.44. The molecule has 0 fully saturated rings. The summed E-state index contributed by atoms with van der Waals surface area (Å²) >= 11 is 1.33. The van der Waals surface area contributed by atoms with E-state index in [9.17, 15) is 9.59 Å². The molecule has 6 heteroatoms. The van der Waals surface area contributed by atoms with Gasteiger partial charge < -0.3 is 10.4 Å². The molecule has 0 aliphatic rings. The number of carboxylic acids is 1. The first-order valence-electron chi connectivity index (χ1n) is 3.97. The molecule has 5 nitrogen and oxygen atoms in total. The van der Waals surface area contributed by atoms with Crippen molar-refractivity contribution in [1.29, 1.82) is 0 Å². The summed E-state index contributed by atoms with van der Waals surface area (Å²) in [4.78, 5) is 25.9. The second-order valence-electron chi connectivity index (χ2n) is 2.75. The van der Waals surface area contributed by atoms with Gasteiger partial charge in [0.1, 0.15) is 0 Å². The van der Waals surface area contributed by atoms with Crippen molar-refractivity contribution >= 4 is 23.2 Å². The standard InChI is InChI=1S/C8H10N2O3S/c1-5(11)10-6(2-8(12)13)7-3-9-4-14-7/h3-4,6H,2H2,1H3,(H,10,11)(H,12,13)/t6-/m1/s1. The smallest absolute Gasteiger partial charge is 0.305 e. The normalized spacial score (nSPS) is 12.1. The Morgan fingerprint density at radius 3 is 2.86 bits per heavy atom. The monoisotopic (exact) mass is 214 g/mol. The summed E-state index contributed by atoms with van der Waals surface area (Å²) in [5, 5.41) is 11.2. The van der Waals surface area contributed by atoms with E-state index < -0.39 is 12.0 Å². The molecule has 1 amide bonds. The number of hydrogen-bond acceptors (Lipinski definition) is 4. The first kappa shape index (κ1) is 10.6. The van der Waals surface area contributed by atoms with E-state index in [0.717, 1.165) is 4.88 Å². The zero-order chi connectivity index (χ0) is 10.6. The molecule has 0 aliphatic carbocycles. The molecule has 0 bridgehead atoms. The Morgan fingerprint density at radius 1 is 1.71 bits per heavy atom. The minimum Gasteiger partial charge on any atom is -0.481 e. The van der Waals surface area contributed by atoms with Crippen LogP contribution in [0.25, 0.3) is 0 Å². The number of rotatable bonds is 4. The maximum atomic E-state index is 10.8. The Bertz CT molecular complexity index is 307. The lowest BCUT2D eigenvalue weighted by Gasteiger charge is -2.12. The summed E-state index contributed by atoms with van der Waals surface area (Å²) in [6.45, 7) is 1.36. The largest absolute Gasteiger partial charge is 0.481 e. The fourth-order valence-corrected chi connectivity index (χ4v) is 1.71. The zero-order valence-electron chi connectivity index (χ0n) is 7.56. The van der Waals surface area contributed by atoms with Crippen LogP contribution in [0.4, 0.5) is 0 Å². The predicted octanol–water partition coefficient (Wildman–Crippen LogP) is 0.795. The first-order chi connectivity index (χ1) is 6.59. The Balaban J connectivity index is 2.71. The molecule has 1 aromatic rings. The van der Waals surface area contributed by atoms with Crippen LogP contribution in [0, 0.1) is 0 Å². The number of carbonyl (C=O) groups is 2. The summed E-state index contributed by atoms with van der Waals surface area (Å²) < 4.78 is 0. The van der Waals surface area contributed by atoms with E-state index in [-0.39, 0.29) is 12.3 Å². The number of carbonyl (C=O) groups excluding carboxylic acids is 1. The van der Waals surface area contributed by atoms with Gasteiger partial charge in [-0.2, -0.15) is 0 Å². The van der Waals surface area contributed by atoms with E-state index >= 15 is 0 Å². The molecule has 1 heterocycles. The summed E-state index contributed by atoms with van der Waals surface area (Å²) in [5.74, 6) is -1.19. The lowest BCUT2D eigenvalue weighted by molar-refractivity contribution is -0.137. The molecule has 2 N–H and O–H groups in total. The Morgan fingerprint density at radius 2 is 2.43 bits per heavy atom. The lowest BCUT2D eigenvalue weighted by Crippen LogP contribution is -2.27. The van der Waals surface area contributed by atoms with Gasteiger partial charge in [0.05, 0.1) is 18.0 Å². The highest BCUT2D eigenvalue weighted by Gasteiger charge is 2.17. The molecule has 76 valence electrons.